The van der Waals surface area contributed by atoms with Crippen LogP contribution in [0.25, 0.3) is 0 Å². The van der Waals surface area contributed by atoms with Gasteiger partial charge in [0, 0.05) is 5.92 Å². The van der Waals surface area contributed by atoms with Gasteiger partial charge in [-0.3, -0.25) is 0 Å². The summed E-state index contributed by atoms with van der Waals surface area (Å²) in [7, 11) is 0. The van der Waals surface area contributed by atoms with Gasteiger partial charge in [-0.25, -0.2) is 0 Å². The topological polar surface area (TPSA) is 9.23 Å². The fraction of sp³-hybridized carbons (Fsp3) is 0.571. The van der Waals surface area contributed by atoms with Crippen molar-refractivity contribution in [3.05, 3.63) is 35.6 Å². The molecule has 0 aromatic rings. The molecule has 0 saturated heterocycles. The predicted octanol–water partition coefficient (Wildman–Crippen LogP) is 6.19. The van der Waals surface area contributed by atoms with Crippen molar-refractivity contribution in [2.45, 2.75) is 26.9 Å². The maximum atomic E-state index is 6.76. The van der Waals surface area contributed by atoms with Gasteiger partial charge in [0.1, 0.15) is 9.75 Å². The molecule has 0 heterocycles. The van der Waals surface area contributed by atoms with E-state index in [1.54, 1.807) is 6.08 Å². The zero-order chi connectivity index (χ0) is 16.1. The summed E-state index contributed by atoms with van der Waals surface area (Å²) in [5, 5.41) is 0.410. The second-order valence-electron chi connectivity index (χ2n) is 5.20. The second kappa shape index (κ2) is 6.00. The molecule has 0 N–H and O–H groups in total. The minimum absolute atomic E-state index is 0.193. The van der Waals surface area contributed by atoms with Crippen LogP contribution >= 0.6 is 69.6 Å². The summed E-state index contributed by atoms with van der Waals surface area (Å²) in [6.07, 6.45) is 4.53. The highest BCUT2D eigenvalue weighted by Gasteiger charge is 2.81. The fourth-order valence-electron chi connectivity index (χ4n) is 3.31. The van der Waals surface area contributed by atoms with E-state index < -0.39 is 14.1 Å². The van der Waals surface area contributed by atoms with Crippen LogP contribution in [0.15, 0.2) is 35.6 Å². The Hall–Kier alpha value is 0.760. The van der Waals surface area contributed by atoms with Gasteiger partial charge in [-0.1, -0.05) is 59.1 Å². The van der Waals surface area contributed by atoms with Gasteiger partial charge in [0.2, 0.25) is 0 Å². The molecule has 118 valence electrons. The Balaban J connectivity index is 2.54. The minimum atomic E-state index is -1.53. The van der Waals surface area contributed by atoms with E-state index in [0.29, 0.717) is 6.42 Å². The fourth-order valence-corrected chi connectivity index (χ4v) is 6.41. The Labute approximate surface area is 154 Å². The normalized spacial score (nSPS) is 40.5. The van der Waals surface area contributed by atoms with E-state index >= 15 is 0 Å². The van der Waals surface area contributed by atoms with Crippen molar-refractivity contribution < 1.29 is 4.74 Å². The molecule has 4 unspecified atom stereocenters. The maximum Gasteiger partial charge on any atom is 0.166 e. The molecule has 0 aromatic carbocycles. The molecule has 1 nitrogen and oxygen atoms in total. The van der Waals surface area contributed by atoms with Gasteiger partial charge >= 0.3 is 0 Å². The van der Waals surface area contributed by atoms with Crippen molar-refractivity contribution in [1.82, 2.24) is 0 Å². The van der Waals surface area contributed by atoms with Crippen LogP contribution in [0.3, 0.4) is 0 Å². The lowest BCUT2D eigenvalue weighted by Gasteiger charge is -2.36. The van der Waals surface area contributed by atoms with Crippen molar-refractivity contribution in [2.24, 2.45) is 11.8 Å². The maximum absolute atomic E-state index is 6.76. The van der Waals surface area contributed by atoms with Gasteiger partial charge in [-0.2, -0.15) is 0 Å². The van der Waals surface area contributed by atoms with Gasteiger partial charge < -0.3 is 4.74 Å². The Bertz CT molecular complexity index is 460. The molecule has 0 spiro atoms. The van der Waals surface area contributed by atoms with Crippen LogP contribution in [0.1, 0.15) is 12.8 Å². The average Bonchev–Trinajstić information content (AvgIpc) is 2.63. The molecule has 2 aliphatic carbocycles. The largest absolute Gasteiger partial charge is 0.501 e. The first-order valence-electron chi connectivity index (χ1n) is 6.36. The van der Waals surface area contributed by atoms with E-state index in [-0.39, 0.29) is 28.5 Å². The zero-order valence-electron chi connectivity index (χ0n) is 11.0. The third-order valence-corrected chi connectivity index (χ3v) is 8.68. The molecule has 0 radical (unpaired) electrons. The first kappa shape index (κ1) is 18.1. The summed E-state index contributed by atoms with van der Waals surface area (Å²) in [6.45, 7) is 7.51. The van der Waals surface area contributed by atoms with Crippen molar-refractivity contribution in [3.63, 3.8) is 0 Å². The van der Waals surface area contributed by atoms with Crippen LogP contribution < -0.4 is 0 Å². The summed E-state index contributed by atoms with van der Waals surface area (Å²) in [5.74, 6) is -0.487. The SMILES string of the molecule is C=CCCC1C(COC=C)C2(Cl)C(Cl)=C(Cl)C1(Cl)C2(Cl)Cl. The smallest absolute Gasteiger partial charge is 0.166 e. The van der Waals surface area contributed by atoms with E-state index in [9.17, 15) is 0 Å². The summed E-state index contributed by atoms with van der Waals surface area (Å²) in [6, 6.07) is 0. The van der Waals surface area contributed by atoms with E-state index in [0.717, 1.165) is 6.42 Å². The van der Waals surface area contributed by atoms with Crippen LogP contribution in [0.5, 0.6) is 0 Å². The van der Waals surface area contributed by atoms with Crippen molar-refractivity contribution in [3.8, 4) is 0 Å². The van der Waals surface area contributed by atoms with Crippen molar-refractivity contribution in [2.75, 3.05) is 6.61 Å². The van der Waals surface area contributed by atoms with E-state index in [1.807, 2.05) is 0 Å². The number of halogens is 6. The van der Waals surface area contributed by atoms with E-state index in [4.69, 9.17) is 74.3 Å². The number of ether oxygens (including phenoxy) is 1. The molecule has 21 heavy (non-hydrogen) atoms. The Morgan fingerprint density at radius 3 is 2.00 bits per heavy atom. The highest BCUT2D eigenvalue weighted by molar-refractivity contribution is 6.65. The van der Waals surface area contributed by atoms with Crippen LogP contribution in [0.4, 0.5) is 0 Å². The van der Waals surface area contributed by atoms with E-state index in [2.05, 4.69) is 13.2 Å². The van der Waals surface area contributed by atoms with Crippen LogP contribution in [0, 0.1) is 11.8 Å². The number of rotatable bonds is 6. The Kier molecular flexibility index (Phi) is 5.17. The van der Waals surface area contributed by atoms with Gasteiger partial charge in [0.15, 0.2) is 4.33 Å². The Morgan fingerprint density at radius 2 is 1.52 bits per heavy atom. The van der Waals surface area contributed by atoms with Crippen LogP contribution in [-0.2, 0) is 4.74 Å². The Morgan fingerprint density at radius 1 is 1.00 bits per heavy atom. The number of fused-ring (bicyclic) bond motifs is 2. The lowest BCUT2D eigenvalue weighted by atomic mass is 9.79. The summed E-state index contributed by atoms with van der Waals surface area (Å²) in [5.41, 5.74) is 0. The molecule has 1 fully saturated rings. The number of hydrogen-bond donors (Lipinski definition) is 0. The first-order chi connectivity index (χ1) is 9.71. The van der Waals surface area contributed by atoms with Crippen molar-refractivity contribution >= 4 is 69.6 Å². The number of allylic oxidation sites excluding steroid dienone is 3. The molecule has 0 aliphatic heterocycles. The lowest BCUT2D eigenvalue weighted by molar-refractivity contribution is 0.147. The van der Waals surface area contributed by atoms with Crippen LogP contribution in [0.2, 0.25) is 0 Å². The average molecular weight is 411 g/mol. The molecule has 2 rings (SSSR count). The molecular weight excluding hydrogens is 397 g/mol. The summed E-state index contributed by atoms with van der Waals surface area (Å²) in [4.78, 5) is -2.53. The third kappa shape index (κ3) is 2.12. The monoisotopic (exact) mass is 408 g/mol. The van der Waals surface area contributed by atoms with Crippen LogP contribution in [-0.4, -0.2) is 20.7 Å². The summed E-state index contributed by atoms with van der Waals surface area (Å²) < 4.78 is 3.79. The van der Waals surface area contributed by atoms with Crippen molar-refractivity contribution in [1.29, 1.82) is 0 Å². The quantitative estimate of drug-likeness (QED) is 0.288. The molecular formula is C14H14Cl6O. The second-order valence-corrected chi connectivity index (χ2v) is 8.48. The third-order valence-electron chi connectivity index (χ3n) is 4.33. The number of alkyl halides is 4. The zero-order valence-corrected chi connectivity index (χ0v) is 15.6. The number of hydrogen-bond acceptors (Lipinski definition) is 1. The van der Waals surface area contributed by atoms with Gasteiger partial charge in [-0.05, 0) is 18.8 Å². The molecule has 1 saturated carbocycles. The van der Waals surface area contributed by atoms with Gasteiger partial charge in [0.05, 0.1) is 22.9 Å². The standard InChI is InChI=1S/C14H14Cl6O/c1-3-5-6-8-9(7-21-4-2)13(18)11(16)10(15)12(8,17)14(13,19)20/h3-4,8-9H,1-2,5-7H2. The van der Waals surface area contributed by atoms with Gasteiger partial charge in [0.25, 0.3) is 0 Å². The summed E-state index contributed by atoms with van der Waals surface area (Å²) >= 11 is 39.2. The highest BCUT2D eigenvalue weighted by Crippen LogP contribution is 2.76. The van der Waals surface area contributed by atoms with Gasteiger partial charge in [-0.15, -0.1) is 29.8 Å². The molecule has 0 amide bonds. The predicted molar refractivity (Wildman–Crippen MR) is 92.9 cm³/mol. The minimum Gasteiger partial charge on any atom is -0.501 e. The molecule has 2 bridgehead atoms. The first-order valence-corrected chi connectivity index (χ1v) is 8.63. The van der Waals surface area contributed by atoms with E-state index in [1.165, 1.54) is 6.26 Å². The molecule has 0 aromatic heterocycles. The molecule has 4 atom stereocenters. The molecule has 2 aliphatic rings. The lowest BCUT2D eigenvalue weighted by Crippen LogP contribution is -2.45. The highest BCUT2D eigenvalue weighted by atomic mass is 35.5. The molecule has 7 heteroatoms.